The van der Waals surface area contributed by atoms with E-state index in [1.165, 1.54) is 0 Å². The fourth-order valence-electron chi connectivity index (χ4n) is 3.45. The van der Waals surface area contributed by atoms with Crippen LogP contribution in [0.25, 0.3) is 0 Å². The van der Waals surface area contributed by atoms with Crippen LogP contribution in [0.1, 0.15) is 33.1 Å². The molecule has 0 aromatic rings. The zero-order valence-corrected chi connectivity index (χ0v) is 8.08. The van der Waals surface area contributed by atoms with Crippen LogP contribution >= 0.6 is 0 Å². The lowest BCUT2D eigenvalue weighted by Gasteiger charge is -2.35. The van der Waals surface area contributed by atoms with Gasteiger partial charge in [-0.2, -0.15) is 0 Å². The molecule has 0 saturated heterocycles. The van der Waals surface area contributed by atoms with Crippen molar-refractivity contribution in [2.75, 3.05) is 0 Å². The molecule has 74 valence electrons. The van der Waals surface area contributed by atoms with Gasteiger partial charge in [0.2, 0.25) is 0 Å². The minimum Gasteiger partial charge on any atom is -0.481 e. The van der Waals surface area contributed by atoms with Crippen molar-refractivity contribution in [1.29, 1.82) is 0 Å². The van der Waals surface area contributed by atoms with Gasteiger partial charge in [0.25, 0.3) is 0 Å². The number of aliphatic hydroxyl groups is 1. The number of carboxylic acid groups (broad SMARTS) is 1. The summed E-state index contributed by atoms with van der Waals surface area (Å²) in [7, 11) is 0. The molecule has 0 spiro atoms. The summed E-state index contributed by atoms with van der Waals surface area (Å²) in [5, 5.41) is 19.0. The van der Waals surface area contributed by atoms with Crippen LogP contribution in [0.4, 0.5) is 0 Å². The van der Waals surface area contributed by atoms with Crippen LogP contribution in [0, 0.1) is 16.7 Å². The molecule has 0 aromatic heterocycles. The third-order valence-electron chi connectivity index (χ3n) is 4.52. The third kappa shape index (κ3) is 0.766. The van der Waals surface area contributed by atoms with Crippen molar-refractivity contribution in [1.82, 2.24) is 0 Å². The van der Waals surface area contributed by atoms with Crippen LogP contribution in [0.3, 0.4) is 0 Å². The standard InChI is InChI=1S/C10H16O3/c1-9(2)6-3-4-10(9,8(12)13)7(11)5-6/h6-7,11H,3-5H2,1-2H3,(H,12,13)/t6?,7?,10-/m1/s1. The summed E-state index contributed by atoms with van der Waals surface area (Å²) in [6.45, 7) is 3.96. The molecule has 2 bridgehead atoms. The van der Waals surface area contributed by atoms with Crippen LogP contribution < -0.4 is 0 Å². The molecular formula is C10H16O3. The van der Waals surface area contributed by atoms with E-state index in [0.717, 1.165) is 6.42 Å². The summed E-state index contributed by atoms with van der Waals surface area (Å²) in [6.07, 6.45) is 1.62. The Kier molecular flexibility index (Phi) is 1.57. The molecule has 2 N–H and O–H groups in total. The second kappa shape index (κ2) is 2.27. The largest absolute Gasteiger partial charge is 0.481 e. The minimum absolute atomic E-state index is 0.238. The fourth-order valence-corrected chi connectivity index (χ4v) is 3.45. The normalized spacial score (nSPS) is 46.7. The first-order valence-corrected chi connectivity index (χ1v) is 4.84. The van der Waals surface area contributed by atoms with Gasteiger partial charge in [0.05, 0.1) is 11.5 Å². The van der Waals surface area contributed by atoms with E-state index in [2.05, 4.69) is 0 Å². The first-order valence-electron chi connectivity index (χ1n) is 4.84. The quantitative estimate of drug-likeness (QED) is 0.645. The van der Waals surface area contributed by atoms with Gasteiger partial charge in [0.1, 0.15) is 0 Å². The monoisotopic (exact) mass is 184 g/mol. The highest BCUT2D eigenvalue weighted by Crippen LogP contribution is 2.65. The topological polar surface area (TPSA) is 57.5 Å². The molecule has 0 amide bonds. The van der Waals surface area contributed by atoms with Crippen molar-refractivity contribution in [3.63, 3.8) is 0 Å². The molecule has 0 aromatic carbocycles. The van der Waals surface area contributed by atoms with Crippen molar-refractivity contribution in [2.24, 2.45) is 16.7 Å². The molecule has 2 rings (SSSR count). The zero-order chi connectivity index (χ0) is 9.85. The highest BCUT2D eigenvalue weighted by Gasteiger charge is 2.68. The first kappa shape index (κ1) is 9.00. The molecule has 0 heterocycles. The van der Waals surface area contributed by atoms with E-state index in [9.17, 15) is 15.0 Å². The van der Waals surface area contributed by atoms with Crippen LogP contribution in [0.15, 0.2) is 0 Å². The molecule has 2 saturated carbocycles. The zero-order valence-electron chi connectivity index (χ0n) is 8.08. The number of aliphatic carboxylic acids is 1. The molecule has 3 atom stereocenters. The summed E-state index contributed by atoms with van der Waals surface area (Å²) in [4.78, 5) is 11.2. The van der Waals surface area contributed by atoms with Crippen molar-refractivity contribution in [3.05, 3.63) is 0 Å². The number of hydrogen-bond acceptors (Lipinski definition) is 2. The summed E-state index contributed by atoms with van der Waals surface area (Å²) < 4.78 is 0. The Morgan fingerprint density at radius 2 is 2.08 bits per heavy atom. The maximum absolute atomic E-state index is 11.2. The Labute approximate surface area is 77.8 Å². The number of hydrogen-bond donors (Lipinski definition) is 2. The van der Waals surface area contributed by atoms with Gasteiger partial charge in [-0.3, -0.25) is 4.79 Å². The highest BCUT2D eigenvalue weighted by molar-refractivity contribution is 5.78. The van der Waals surface area contributed by atoms with E-state index in [-0.39, 0.29) is 5.41 Å². The van der Waals surface area contributed by atoms with Gasteiger partial charge < -0.3 is 10.2 Å². The van der Waals surface area contributed by atoms with Crippen molar-refractivity contribution < 1.29 is 15.0 Å². The second-order valence-electron chi connectivity index (χ2n) is 4.99. The Balaban J connectivity index is 2.49. The van der Waals surface area contributed by atoms with Gasteiger partial charge in [0, 0.05) is 0 Å². The number of carboxylic acids is 1. The van der Waals surface area contributed by atoms with Gasteiger partial charge in [-0.05, 0) is 30.6 Å². The summed E-state index contributed by atoms with van der Waals surface area (Å²) in [5.41, 5.74) is -1.10. The van der Waals surface area contributed by atoms with Gasteiger partial charge in [-0.1, -0.05) is 13.8 Å². The van der Waals surface area contributed by atoms with Crippen molar-refractivity contribution >= 4 is 5.97 Å². The van der Waals surface area contributed by atoms with E-state index >= 15 is 0 Å². The Hall–Kier alpha value is -0.570. The van der Waals surface area contributed by atoms with E-state index in [1.807, 2.05) is 13.8 Å². The lowest BCUT2D eigenvalue weighted by Crippen LogP contribution is -2.45. The van der Waals surface area contributed by atoms with Crippen LogP contribution in [0.5, 0.6) is 0 Å². The summed E-state index contributed by atoms with van der Waals surface area (Å²) >= 11 is 0. The third-order valence-corrected chi connectivity index (χ3v) is 4.52. The van der Waals surface area contributed by atoms with E-state index in [4.69, 9.17) is 0 Å². The number of aliphatic hydroxyl groups excluding tert-OH is 1. The van der Waals surface area contributed by atoms with Gasteiger partial charge in [-0.15, -0.1) is 0 Å². The molecule has 2 aliphatic carbocycles. The van der Waals surface area contributed by atoms with Gasteiger partial charge >= 0.3 is 5.97 Å². The molecule has 0 radical (unpaired) electrons. The minimum atomic E-state index is -0.863. The predicted octanol–water partition coefficient (Wildman–Crippen LogP) is 1.26. The van der Waals surface area contributed by atoms with Crippen LogP contribution in [-0.4, -0.2) is 22.3 Å². The van der Waals surface area contributed by atoms with E-state index in [1.54, 1.807) is 0 Å². The molecule has 13 heavy (non-hydrogen) atoms. The Bertz CT molecular complexity index is 259. The average Bonchev–Trinajstić information content (AvgIpc) is 2.35. The molecule has 3 heteroatoms. The Morgan fingerprint density at radius 1 is 1.46 bits per heavy atom. The molecule has 3 nitrogen and oxygen atoms in total. The number of carbonyl (C=O) groups is 1. The molecular weight excluding hydrogens is 168 g/mol. The lowest BCUT2D eigenvalue weighted by molar-refractivity contribution is -0.161. The van der Waals surface area contributed by atoms with Gasteiger partial charge in [0.15, 0.2) is 0 Å². The SMILES string of the molecule is CC1(C)C2CC[C@]1(C(=O)O)C(O)C2. The number of rotatable bonds is 1. The molecule has 2 unspecified atom stereocenters. The van der Waals surface area contributed by atoms with Crippen molar-refractivity contribution in [3.8, 4) is 0 Å². The maximum atomic E-state index is 11.2. The fraction of sp³-hybridized carbons (Fsp3) is 0.900. The van der Waals surface area contributed by atoms with Gasteiger partial charge in [-0.25, -0.2) is 0 Å². The smallest absolute Gasteiger partial charge is 0.312 e. The Morgan fingerprint density at radius 3 is 2.31 bits per heavy atom. The summed E-state index contributed by atoms with van der Waals surface area (Å²) in [5.74, 6) is -0.427. The molecule has 0 aliphatic heterocycles. The predicted molar refractivity (Wildman–Crippen MR) is 47.2 cm³/mol. The van der Waals surface area contributed by atoms with Crippen LogP contribution in [0.2, 0.25) is 0 Å². The summed E-state index contributed by atoms with van der Waals surface area (Å²) in [6, 6.07) is 0. The van der Waals surface area contributed by atoms with Crippen molar-refractivity contribution in [2.45, 2.75) is 39.2 Å². The first-order chi connectivity index (χ1) is 5.93. The van der Waals surface area contributed by atoms with Crippen LogP contribution in [-0.2, 0) is 4.79 Å². The average molecular weight is 184 g/mol. The molecule has 2 fully saturated rings. The second-order valence-corrected chi connectivity index (χ2v) is 4.99. The number of fused-ring (bicyclic) bond motifs is 2. The highest BCUT2D eigenvalue weighted by atomic mass is 16.4. The maximum Gasteiger partial charge on any atom is 0.312 e. The van der Waals surface area contributed by atoms with E-state index < -0.39 is 17.5 Å². The van der Waals surface area contributed by atoms with E-state index in [0.29, 0.717) is 18.8 Å². The molecule has 2 aliphatic rings. The lowest BCUT2D eigenvalue weighted by atomic mass is 9.68.